The fourth-order valence-electron chi connectivity index (χ4n) is 2.08. The molecule has 2 heteroatoms. The number of rotatable bonds is 3. The number of allylic oxidation sites excluding steroid dienone is 3. The summed E-state index contributed by atoms with van der Waals surface area (Å²) >= 11 is 0. The van der Waals surface area contributed by atoms with E-state index in [1.165, 1.54) is 0 Å². The quantitative estimate of drug-likeness (QED) is 0.831. The van der Waals surface area contributed by atoms with E-state index in [4.69, 9.17) is 4.74 Å². The first-order valence-electron chi connectivity index (χ1n) is 6.78. The van der Waals surface area contributed by atoms with E-state index in [0.717, 1.165) is 16.7 Å². The molecule has 20 heavy (non-hydrogen) atoms. The molecular formula is C18H22O2. The normalized spacial score (nSPS) is 17.7. The van der Waals surface area contributed by atoms with E-state index < -0.39 is 0 Å². The van der Waals surface area contributed by atoms with Crippen molar-refractivity contribution in [2.45, 2.75) is 26.4 Å². The van der Waals surface area contributed by atoms with Gasteiger partial charge in [0.05, 0.1) is 0 Å². The lowest BCUT2D eigenvalue weighted by atomic mass is 9.93. The molecule has 1 aromatic rings. The van der Waals surface area contributed by atoms with Gasteiger partial charge in [0.25, 0.3) is 0 Å². The number of hydrogen-bond donors (Lipinski definition) is 1. The van der Waals surface area contributed by atoms with Crippen LogP contribution in [0.25, 0.3) is 0 Å². The first kappa shape index (κ1) is 15.8. The summed E-state index contributed by atoms with van der Waals surface area (Å²) in [7, 11) is 0. The first-order valence-corrected chi connectivity index (χ1v) is 6.78. The number of ether oxygens (including phenoxy) is 1. The average molecular weight is 270 g/mol. The van der Waals surface area contributed by atoms with Gasteiger partial charge in [0.2, 0.25) is 0 Å². The van der Waals surface area contributed by atoms with E-state index in [1.807, 2.05) is 19.9 Å². The van der Waals surface area contributed by atoms with Gasteiger partial charge in [-0.2, -0.15) is 0 Å². The van der Waals surface area contributed by atoms with Crippen LogP contribution >= 0.6 is 0 Å². The van der Waals surface area contributed by atoms with Crippen molar-refractivity contribution in [2.75, 3.05) is 0 Å². The third-order valence-electron chi connectivity index (χ3n) is 2.98. The molecule has 106 valence electrons. The second-order valence-corrected chi connectivity index (χ2v) is 4.20. The van der Waals surface area contributed by atoms with E-state index in [0.29, 0.717) is 12.2 Å². The lowest BCUT2D eigenvalue weighted by Gasteiger charge is -2.28. The minimum absolute atomic E-state index is 0.138. The van der Waals surface area contributed by atoms with Crippen LogP contribution in [0.1, 0.15) is 31.9 Å². The summed E-state index contributed by atoms with van der Waals surface area (Å²) in [6.07, 6.45) is 3.94. The second kappa shape index (κ2) is 7.39. The van der Waals surface area contributed by atoms with E-state index in [-0.39, 0.29) is 11.9 Å². The number of benzene rings is 1. The average Bonchev–Trinajstić information content (AvgIpc) is 2.48. The van der Waals surface area contributed by atoms with Crippen LogP contribution in [0.2, 0.25) is 0 Å². The van der Waals surface area contributed by atoms with Gasteiger partial charge in [0.1, 0.15) is 17.6 Å². The van der Waals surface area contributed by atoms with Gasteiger partial charge in [-0.1, -0.05) is 51.8 Å². The third kappa shape index (κ3) is 3.41. The summed E-state index contributed by atoms with van der Waals surface area (Å²) in [5.74, 6) is 0.926. The lowest BCUT2D eigenvalue weighted by molar-refractivity contribution is 0.116. The molecule has 0 saturated heterocycles. The number of aromatic hydroxyl groups is 1. The smallest absolute Gasteiger partial charge is 0.128 e. The van der Waals surface area contributed by atoms with Gasteiger partial charge in [-0.25, -0.2) is 0 Å². The van der Waals surface area contributed by atoms with Gasteiger partial charge < -0.3 is 9.84 Å². The van der Waals surface area contributed by atoms with Gasteiger partial charge in [0.15, 0.2) is 0 Å². The van der Waals surface area contributed by atoms with Crippen LogP contribution in [0.5, 0.6) is 5.75 Å². The molecule has 0 aromatic heterocycles. The molecule has 0 aliphatic carbocycles. The maximum Gasteiger partial charge on any atom is 0.128 e. The van der Waals surface area contributed by atoms with E-state index in [1.54, 1.807) is 30.4 Å². The van der Waals surface area contributed by atoms with E-state index in [9.17, 15) is 5.11 Å². The fourth-order valence-corrected chi connectivity index (χ4v) is 2.08. The van der Waals surface area contributed by atoms with Crippen LogP contribution in [-0.2, 0) is 4.74 Å². The van der Waals surface area contributed by atoms with Gasteiger partial charge >= 0.3 is 0 Å². The standard InChI is InChI=1S/C16H16O2.C2H6/c1-4-14-11(3)9-16(18-15(14)5-2)12-7-6-8-13(17)10-12;1-2/h4-8,10,16-17H,1-3,9H2;1-2H3. The minimum atomic E-state index is -0.138. The summed E-state index contributed by atoms with van der Waals surface area (Å²) in [6.45, 7) is 15.5. The van der Waals surface area contributed by atoms with Crippen molar-refractivity contribution < 1.29 is 9.84 Å². The topological polar surface area (TPSA) is 29.5 Å². The monoisotopic (exact) mass is 270 g/mol. The molecule has 1 aliphatic rings. The Balaban J connectivity index is 0.000000956. The highest BCUT2D eigenvalue weighted by Gasteiger charge is 2.23. The summed E-state index contributed by atoms with van der Waals surface area (Å²) in [5, 5.41) is 9.50. The summed E-state index contributed by atoms with van der Waals surface area (Å²) < 4.78 is 5.87. The maximum absolute atomic E-state index is 9.50. The first-order chi connectivity index (χ1) is 9.65. The zero-order valence-corrected chi connectivity index (χ0v) is 12.2. The van der Waals surface area contributed by atoms with Crippen LogP contribution in [0.4, 0.5) is 0 Å². The molecule has 0 radical (unpaired) electrons. The van der Waals surface area contributed by atoms with Crippen LogP contribution < -0.4 is 0 Å². The largest absolute Gasteiger partial charge is 0.508 e. The summed E-state index contributed by atoms with van der Waals surface area (Å²) in [4.78, 5) is 0. The van der Waals surface area contributed by atoms with Gasteiger partial charge in [-0.15, -0.1) is 0 Å². The third-order valence-corrected chi connectivity index (χ3v) is 2.98. The molecule has 1 aliphatic heterocycles. The predicted octanol–water partition coefficient (Wildman–Crippen LogP) is 5.06. The highest BCUT2D eigenvalue weighted by molar-refractivity contribution is 5.46. The van der Waals surface area contributed by atoms with Crippen molar-refractivity contribution in [3.63, 3.8) is 0 Å². The Morgan fingerprint density at radius 1 is 1.25 bits per heavy atom. The van der Waals surface area contributed by atoms with Crippen molar-refractivity contribution >= 4 is 0 Å². The molecular weight excluding hydrogens is 248 g/mol. The molecule has 1 unspecified atom stereocenters. The Kier molecular flexibility index (Phi) is 5.85. The molecule has 1 aromatic carbocycles. The second-order valence-electron chi connectivity index (χ2n) is 4.20. The molecule has 0 amide bonds. The maximum atomic E-state index is 9.50. The number of phenolic OH excluding ortho intramolecular Hbond substituents is 1. The lowest BCUT2D eigenvalue weighted by Crippen LogP contribution is -2.12. The Labute approximate surface area is 121 Å². The highest BCUT2D eigenvalue weighted by Crippen LogP contribution is 2.37. The Bertz CT molecular complexity index is 538. The van der Waals surface area contributed by atoms with Crippen LogP contribution in [-0.4, -0.2) is 5.11 Å². The summed E-state index contributed by atoms with van der Waals surface area (Å²) in [5.41, 5.74) is 2.81. The van der Waals surface area contributed by atoms with Crippen LogP contribution in [0.15, 0.2) is 73.1 Å². The molecule has 1 atom stereocenters. The molecule has 2 nitrogen and oxygen atoms in total. The summed E-state index contributed by atoms with van der Waals surface area (Å²) in [6, 6.07) is 7.08. The molecule has 1 N–H and O–H groups in total. The van der Waals surface area contributed by atoms with E-state index >= 15 is 0 Å². The Morgan fingerprint density at radius 2 is 1.95 bits per heavy atom. The molecule has 0 spiro atoms. The molecule has 0 saturated carbocycles. The van der Waals surface area contributed by atoms with Gasteiger partial charge in [-0.3, -0.25) is 0 Å². The van der Waals surface area contributed by atoms with Crippen LogP contribution in [0.3, 0.4) is 0 Å². The highest BCUT2D eigenvalue weighted by atomic mass is 16.5. The van der Waals surface area contributed by atoms with Crippen molar-refractivity contribution in [3.05, 3.63) is 78.6 Å². The van der Waals surface area contributed by atoms with E-state index in [2.05, 4.69) is 19.7 Å². The Morgan fingerprint density at radius 3 is 2.50 bits per heavy atom. The zero-order valence-electron chi connectivity index (χ0n) is 12.2. The minimum Gasteiger partial charge on any atom is -0.508 e. The van der Waals surface area contributed by atoms with Crippen molar-refractivity contribution in [1.82, 2.24) is 0 Å². The molecule has 0 bridgehead atoms. The zero-order chi connectivity index (χ0) is 15.1. The van der Waals surface area contributed by atoms with Crippen molar-refractivity contribution in [1.29, 1.82) is 0 Å². The van der Waals surface area contributed by atoms with Crippen LogP contribution in [0, 0.1) is 0 Å². The predicted molar refractivity (Wildman–Crippen MR) is 84.5 cm³/mol. The van der Waals surface area contributed by atoms with Crippen molar-refractivity contribution in [2.24, 2.45) is 0 Å². The molecule has 0 fully saturated rings. The van der Waals surface area contributed by atoms with Gasteiger partial charge in [-0.05, 0) is 29.3 Å². The molecule has 1 heterocycles. The Hall–Kier alpha value is -2.22. The van der Waals surface area contributed by atoms with Crippen molar-refractivity contribution in [3.8, 4) is 5.75 Å². The fraction of sp³-hybridized carbons (Fsp3) is 0.222. The van der Waals surface area contributed by atoms with Gasteiger partial charge in [0, 0.05) is 12.0 Å². The number of phenols is 1. The number of hydrogen-bond acceptors (Lipinski definition) is 2. The SMILES string of the molecule is C=CC1=C(C=C)C(=C)CC(c2cccc(O)c2)O1.CC. The molecule has 2 rings (SSSR count).